The first kappa shape index (κ1) is 16.0. The zero-order valence-corrected chi connectivity index (χ0v) is 13.7. The van der Waals surface area contributed by atoms with Crippen LogP contribution in [0.3, 0.4) is 0 Å². The van der Waals surface area contributed by atoms with Gasteiger partial charge in [0.25, 0.3) is 0 Å². The summed E-state index contributed by atoms with van der Waals surface area (Å²) in [5.41, 5.74) is 1.20. The maximum absolute atomic E-state index is 5.78. The Morgan fingerprint density at radius 2 is 1.95 bits per heavy atom. The van der Waals surface area contributed by atoms with Crippen LogP contribution in [0.4, 0.5) is 5.69 Å². The van der Waals surface area contributed by atoms with Gasteiger partial charge in [-0.25, -0.2) is 0 Å². The van der Waals surface area contributed by atoms with Gasteiger partial charge in [0.05, 0.1) is 19.8 Å². The predicted octanol–water partition coefficient (Wildman–Crippen LogP) is 3.71. The molecule has 4 nitrogen and oxygen atoms in total. The quantitative estimate of drug-likeness (QED) is 0.832. The Morgan fingerprint density at radius 1 is 1.19 bits per heavy atom. The van der Waals surface area contributed by atoms with E-state index in [1.165, 1.54) is 0 Å². The second kappa shape index (κ2) is 6.56. The average molecular weight is 293 g/mol. The standard InChI is InChI=1S/C17H27NO3/c1-6-20-14-10-12(8-9-13(14)19-5)18-15-11-16(21-7-2)17(15,3)4/h8-10,15-16,18H,6-7,11H2,1-5H3. The molecule has 0 aromatic heterocycles. The number of methoxy groups -OCH3 is 1. The second-order valence-electron chi connectivity index (χ2n) is 6.00. The van der Waals surface area contributed by atoms with Crippen LogP contribution >= 0.6 is 0 Å². The van der Waals surface area contributed by atoms with Crippen molar-refractivity contribution in [1.29, 1.82) is 0 Å². The Kier molecular flexibility index (Phi) is 4.99. The molecule has 1 aliphatic rings. The smallest absolute Gasteiger partial charge is 0.163 e. The molecule has 2 rings (SSSR count). The Morgan fingerprint density at radius 3 is 2.52 bits per heavy atom. The van der Waals surface area contributed by atoms with Crippen LogP contribution in [0, 0.1) is 5.41 Å². The number of hydrogen-bond donors (Lipinski definition) is 1. The van der Waals surface area contributed by atoms with Gasteiger partial charge in [-0.05, 0) is 32.4 Å². The number of nitrogens with one attached hydrogen (secondary N) is 1. The van der Waals surface area contributed by atoms with Gasteiger partial charge in [0.15, 0.2) is 11.5 Å². The van der Waals surface area contributed by atoms with E-state index in [2.05, 4.69) is 26.1 Å². The number of hydrogen-bond acceptors (Lipinski definition) is 4. The average Bonchev–Trinajstić information content (AvgIpc) is 2.47. The molecule has 1 N–H and O–H groups in total. The van der Waals surface area contributed by atoms with Crippen LogP contribution in [0.25, 0.3) is 0 Å². The van der Waals surface area contributed by atoms with E-state index in [1.54, 1.807) is 7.11 Å². The molecule has 0 heterocycles. The summed E-state index contributed by atoms with van der Waals surface area (Å²) in [6, 6.07) is 6.40. The molecular weight excluding hydrogens is 266 g/mol. The highest BCUT2D eigenvalue weighted by Crippen LogP contribution is 2.44. The minimum atomic E-state index is 0.141. The number of ether oxygens (including phenoxy) is 3. The van der Waals surface area contributed by atoms with Crippen molar-refractivity contribution in [3.63, 3.8) is 0 Å². The molecule has 0 radical (unpaired) electrons. The van der Waals surface area contributed by atoms with E-state index in [-0.39, 0.29) is 5.41 Å². The summed E-state index contributed by atoms with van der Waals surface area (Å²) in [6.07, 6.45) is 1.38. The summed E-state index contributed by atoms with van der Waals surface area (Å²) in [5.74, 6) is 1.55. The molecule has 0 amide bonds. The van der Waals surface area contributed by atoms with Gasteiger partial charge in [-0.3, -0.25) is 0 Å². The molecule has 1 saturated carbocycles. The molecule has 0 spiro atoms. The lowest BCUT2D eigenvalue weighted by atomic mass is 9.64. The van der Waals surface area contributed by atoms with E-state index >= 15 is 0 Å². The summed E-state index contributed by atoms with van der Waals surface area (Å²) >= 11 is 0. The molecule has 1 aromatic rings. The van der Waals surface area contributed by atoms with Gasteiger partial charge in [-0.2, -0.15) is 0 Å². The van der Waals surface area contributed by atoms with E-state index in [0.717, 1.165) is 30.2 Å². The maximum atomic E-state index is 5.78. The van der Waals surface area contributed by atoms with Crippen molar-refractivity contribution in [1.82, 2.24) is 0 Å². The number of benzene rings is 1. The van der Waals surface area contributed by atoms with Crippen LogP contribution in [0.2, 0.25) is 0 Å². The molecule has 118 valence electrons. The third-order valence-corrected chi connectivity index (χ3v) is 4.35. The van der Waals surface area contributed by atoms with Crippen LogP contribution in [-0.4, -0.2) is 32.5 Å². The van der Waals surface area contributed by atoms with Crippen molar-refractivity contribution in [2.75, 3.05) is 25.6 Å². The fourth-order valence-corrected chi connectivity index (χ4v) is 2.85. The summed E-state index contributed by atoms with van der Waals surface area (Å²) in [7, 11) is 1.66. The predicted molar refractivity (Wildman–Crippen MR) is 85.4 cm³/mol. The van der Waals surface area contributed by atoms with E-state index in [4.69, 9.17) is 14.2 Å². The van der Waals surface area contributed by atoms with Crippen LogP contribution in [-0.2, 0) is 4.74 Å². The van der Waals surface area contributed by atoms with Gasteiger partial charge in [0, 0.05) is 29.8 Å². The van der Waals surface area contributed by atoms with Gasteiger partial charge >= 0.3 is 0 Å². The topological polar surface area (TPSA) is 39.7 Å². The Bertz CT molecular complexity index is 473. The minimum Gasteiger partial charge on any atom is -0.493 e. The van der Waals surface area contributed by atoms with Gasteiger partial charge < -0.3 is 19.5 Å². The largest absolute Gasteiger partial charge is 0.493 e. The van der Waals surface area contributed by atoms with E-state index < -0.39 is 0 Å². The molecule has 21 heavy (non-hydrogen) atoms. The lowest BCUT2D eigenvalue weighted by Gasteiger charge is -2.52. The molecule has 0 aliphatic heterocycles. The summed E-state index contributed by atoms with van der Waals surface area (Å²) in [5, 5.41) is 3.59. The van der Waals surface area contributed by atoms with Gasteiger partial charge in [-0.15, -0.1) is 0 Å². The molecule has 0 bridgehead atoms. The highest BCUT2D eigenvalue weighted by molar-refractivity contribution is 5.55. The molecule has 4 heteroatoms. The van der Waals surface area contributed by atoms with E-state index in [0.29, 0.717) is 18.8 Å². The van der Waals surface area contributed by atoms with Crippen LogP contribution in [0.5, 0.6) is 11.5 Å². The molecule has 1 aromatic carbocycles. The van der Waals surface area contributed by atoms with E-state index in [1.807, 2.05) is 25.1 Å². The zero-order valence-electron chi connectivity index (χ0n) is 13.7. The lowest BCUT2D eigenvalue weighted by Crippen LogP contribution is -2.58. The van der Waals surface area contributed by atoms with Crippen LogP contribution in [0.1, 0.15) is 34.1 Å². The number of rotatable bonds is 7. The molecule has 2 unspecified atom stereocenters. The summed E-state index contributed by atoms with van der Waals surface area (Å²) < 4.78 is 16.7. The van der Waals surface area contributed by atoms with Crippen molar-refractivity contribution in [3.8, 4) is 11.5 Å². The third-order valence-electron chi connectivity index (χ3n) is 4.35. The van der Waals surface area contributed by atoms with Gasteiger partial charge in [-0.1, -0.05) is 13.8 Å². The first-order chi connectivity index (χ1) is 10.0. The van der Waals surface area contributed by atoms with Crippen LogP contribution in [0.15, 0.2) is 18.2 Å². The van der Waals surface area contributed by atoms with Crippen molar-refractivity contribution in [2.24, 2.45) is 5.41 Å². The summed E-state index contributed by atoms with van der Waals surface area (Å²) in [6.45, 7) is 9.93. The lowest BCUT2D eigenvalue weighted by molar-refractivity contribution is -0.0975. The molecule has 0 saturated heterocycles. The highest BCUT2D eigenvalue weighted by atomic mass is 16.5. The Labute approximate surface area is 127 Å². The zero-order chi connectivity index (χ0) is 15.5. The Hall–Kier alpha value is -1.42. The van der Waals surface area contributed by atoms with Crippen molar-refractivity contribution in [3.05, 3.63) is 18.2 Å². The van der Waals surface area contributed by atoms with Crippen molar-refractivity contribution < 1.29 is 14.2 Å². The molecule has 1 fully saturated rings. The Balaban J connectivity index is 2.05. The number of anilines is 1. The third kappa shape index (κ3) is 3.26. The first-order valence-corrected chi connectivity index (χ1v) is 7.71. The molecule has 1 aliphatic carbocycles. The second-order valence-corrected chi connectivity index (χ2v) is 6.00. The van der Waals surface area contributed by atoms with Gasteiger partial charge in [0.2, 0.25) is 0 Å². The van der Waals surface area contributed by atoms with Crippen molar-refractivity contribution in [2.45, 2.75) is 46.3 Å². The van der Waals surface area contributed by atoms with E-state index in [9.17, 15) is 0 Å². The van der Waals surface area contributed by atoms with Crippen molar-refractivity contribution >= 4 is 5.69 Å². The minimum absolute atomic E-state index is 0.141. The summed E-state index contributed by atoms with van der Waals surface area (Å²) in [4.78, 5) is 0. The van der Waals surface area contributed by atoms with Gasteiger partial charge in [0.1, 0.15) is 0 Å². The fraction of sp³-hybridized carbons (Fsp3) is 0.647. The SMILES string of the molecule is CCOc1cc(NC2CC(OCC)C2(C)C)ccc1OC. The monoisotopic (exact) mass is 293 g/mol. The molecule has 2 atom stereocenters. The van der Waals surface area contributed by atoms with Crippen LogP contribution < -0.4 is 14.8 Å². The molecular formula is C17H27NO3. The maximum Gasteiger partial charge on any atom is 0.163 e. The first-order valence-electron chi connectivity index (χ1n) is 7.71. The highest BCUT2D eigenvalue weighted by Gasteiger charge is 2.48. The normalized spacial score (nSPS) is 23.3. The fourth-order valence-electron chi connectivity index (χ4n) is 2.85.